The van der Waals surface area contributed by atoms with Crippen LogP contribution in [0.3, 0.4) is 0 Å². The fourth-order valence-electron chi connectivity index (χ4n) is 2.89. The summed E-state index contributed by atoms with van der Waals surface area (Å²) in [5.41, 5.74) is 0. The second-order valence-corrected chi connectivity index (χ2v) is 5.41. The third kappa shape index (κ3) is 2.73. The molecule has 1 N–H and O–H groups in total. The van der Waals surface area contributed by atoms with Gasteiger partial charge in [0.15, 0.2) is 0 Å². The smallest absolute Gasteiger partial charge is 0.0117 e. The van der Waals surface area contributed by atoms with Gasteiger partial charge in [0.05, 0.1) is 0 Å². The topological polar surface area (TPSA) is 15.3 Å². The maximum atomic E-state index is 3.69. The van der Waals surface area contributed by atoms with Crippen LogP contribution in [0.4, 0.5) is 0 Å². The predicted molar refractivity (Wildman–Crippen MR) is 65.1 cm³/mol. The number of nitrogens with zero attached hydrogens (tertiary/aromatic N) is 1. The lowest BCUT2D eigenvalue weighted by atomic mass is 9.86. The number of hydrogen-bond donors (Lipinski definition) is 1. The highest BCUT2D eigenvalue weighted by molar-refractivity contribution is 4.88. The van der Waals surface area contributed by atoms with Crippen molar-refractivity contribution in [2.45, 2.75) is 58.0 Å². The molecule has 0 aromatic rings. The first-order valence-electron chi connectivity index (χ1n) is 6.78. The molecule has 1 aliphatic heterocycles. The van der Waals surface area contributed by atoms with E-state index >= 15 is 0 Å². The molecular formula is C13H26N2. The molecule has 2 heteroatoms. The minimum atomic E-state index is 0.779. The fraction of sp³-hybridized carbons (Fsp3) is 1.00. The minimum Gasteiger partial charge on any atom is -0.314 e. The van der Waals surface area contributed by atoms with Gasteiger partial charge in [0.2, 0.25) is 0 Å². The molecule has 2 nitrogen and oxygen atoms in total. The van der Waals surface area contributed by atoms with Gasteiger partial charge in [0, 0.05) is 18.6 Å². The normalized spacial score (nSPS) is 34.0. The Hall–Kier alpha value is -0.0800. The van der Waals surface area contributed by atoms with E-state index in [0.29, 0.717) is 0 Å². The first kappa shape index (κ1) is 11.4. The fourth-order valence-corrected chi connectivity index (χ4v) is 2.89. The molecule has 2 fully saturated rings. The van der Waals surface area contributed by atoms with Crippen molar-refractivity contribution in [1.82, 2.24) is 10.2 Å². The molecule has 0 aromatic carbocycles. The van der Waals surface area contributed by atoms with Crippen molar-refractivity contribution in [3.63, 3.8) is 0 Å². The summed E-state index contributed by atoms with van der Waals surface area (Å²) in [6.45, 7) is 8.51. The summed E-state index contributed by atoms with van der Waals surface area (Å²) in [5, 5.41) is 3.69. The molecule has 2 unspecified atom stereocenters. The first-order chi connectivity index (χ1) is 7.31. The highest BCUT2D eigenvalue weighted by Gasteiger charge is 2.31. The van der Waals surface area contributed by atoms with E-state index in [9.17, 15) is 0 Å². The van der Waals surface area contributed by atoms with Crippen molar-refractivity contribution in [1.29, 1.82) is 0 Å². The lowest BCUT2D eigenvalue weighted by molar-refractivity contribution is 0.0647. The quantitative estimate of drug-likeness (QED) is 0.765. The molecule has 1 saturated carbocycles. The van der Waals surface area contributed by atoms with Crippen molar-refractivity contribution in [3.8, 4) is 0 Å². The molecule has 1 aliphatic carbocycles. The Morgan fingerprint density at radius 1 is 1.27 bits per heavy atom. The van der Waals surface area contributed by atoms with Crippen LogP contribution in [-0.2, 0) is 0 Å². The number of hydrogen-bond acceptors (Lipinski definition) is 2. The third-order valence-corrected chi connectivity index (χ3v) is 4.18. The summed E-state index contributed by atoms with van der Waals surface area (Å²) >= 11 is 0. The van der Waals surface area contributed by atoms with Crippen LogP contribution in [0.1, 0.15) is 46.0 Å². The molecule has 0 amide bonds. The monoisotopic (exact) mass is 210 g/mol. The molecule has 1 saturated heterocycles. The van der Waals surface area contributed by atoms with E-state index in [1.807, 2.05) is 0 Å². The summed E-state index contributed by atoms with van der Waals surface area (Å²) < 4.78 is 0. The van der Waals surface area contributed by atoms with Gasteiger partial charge in [-0.25, -0.2) is 0 Å². The second-order valence-electron chi connectivity index (χ2n) is 5.41. The average molecular weight is 210 g/mol. The van der Waals surface area contributed by atoms with Crippen molar-refractivity contribution in [2.75, 3.05) is 19.6 Å². The zero-order valence-electron chi connectivity index (χ0n) is 10.3. The Balaban J connectivity index is 1.74. The molecule has 0 bridgehead atoms. The van der Waals surface area contributed by atoms with E-state index in [1.165, 1.54) is 51.7 Å². The molecule has 88 valence electrons. The van der Waals surface area contributed by atoms with Gasteiger partial charge in [-0.05, 0) is 44.7 Å². The molecule has 15 heavy (non-hydrogen) atoms. The lowest BCUT2D eigenvalue weighted by Gasteiger charge is -2.44. The lowest BCUT2D eigenvalue weighted by Crippen LogP contribution is -2.53. The summed E-state index contributed by atoms with van der Waals surface area (Å²) in [4.78, 5) is 2.73. The van der Waals surface area contributed by atoms with E-state index in [0.717, 1.165) is 18.0 Å². The van der Waals surface area contributed by atoms with E-state index in [2.05, 4.69) is 24.1 Å². The Kier molecular flexibility index (Phi) is 4.04. The molecule has 2 atom stereocenters. The van der Waals surface area contributed by atoms with Gasteiger partial charge in [0.1, 0.15) is 0 Å². The molecule has 1 heterocycles. The third-order valence-electron chi connectivity index (χ3n) is 4.18. The van der Waals surface area contributed by atoms with Crippen molar-refractivity contribution >= 4 is 0 Å². The number of likely N-dealkylation sites (tertiary alicyclic amines) is 1. The molecular weight excluding hydrogens is 184 g/mol. The van der Waals surface area contributed by atoms with Crippen LogP contribution in [0.15, 0.2) is 0 Å². The van der Waals surface area contributed by atoms with Crippen LogP contribution >= 0.6 is 0 Å². The maximum Gasteiger partial charge on any atom is 0.0117 e. The minimum absolute atomic E-state index is 0.779. The van der Waals surface area contributed by atoms with Gasteiger partial charge in [0.25, 0.3) is 0 Å². The average Bonchev–Trinajstić information content (AvgIpc) is 2.14. The number of rotatable bonds is 4. The molecule has 2 rings (SSSR count). The SMILES string of the molecule is CCCNC1CCN(C2CCC2)CC1C. The van der Waals surface area contributed by atoms with Crippen molar-refractivity contribution in [3.05, 3.63) is 0 Å². The number of piperidine rings is 1. The standard InChI is InChI=1S/C13H26N2/c1-3-8-14-13-7-9-15(10-11(13)2)12-5-4-6-12/h11-14H,3-10H2,1-2H3. The van der Waals surface area contributed by atoms with Gasteiger partial charge in [-0.2, -0.15) is 0 Å². The van der Waals surface area contributed by atoms with Gasteiger partial charge < -0.3 is 10.2 Å². The van der Waals surface area contributed by atoms with Crippen molar-refractivity contribution in [2.24, 2.45) is 5.92 Å². The summed E-state index contributed by atoms with van der Waals surface area (Å²) in [6.07, 6.45) is 7.00. The highest BCUT2D eigenvalue weighted by atomic mass is 15.2. The van der Waals surface area contributed by atoms with Crippen LogP contribution in [-0.4, -0.2) is 36.6 Å². The number of nitrogens with one attached hydrogen (secondary N) is 1. The van der Waals surface area contributed by atoms with Gasteiger partial charge in [-0.3, -0.25) is 0 Å². The highest BCUT2D eigenvalue weighted by Crippen LogP contribution is 2.29. The van der Waals surface area contributed by atoms with E-state index in [1.54, 1.807) is 0 Å². The van der Waals surface area contributed by atoms with Gasteiger partial charge in [-0.15, -0.1) is 0 Å². The zero-order valence-corrected chi connectivity index (χ0v) is 10.3. The Morgan fingerprint density at radius 3 is 2.60 bits per heavy atom. The largest absolute Gasteiger partial charge is 0.314 e. The summed E-state index contributed by atoms with van der Waals surface area (Å²) in [5.74, 6) is 0.839. The first-order valence-corrected chi connectivity index (χ1v) is 6.78. The Bertz CT molecular complexity index is 189. The second kappa shape index (κ2) is 5.31. The Morgan fingerprint density at radius 2 is 2.07 bits per heavy atom. The maximum absolute atomic E-state index is 3.69. The van der Waals surface area contributed by atoms with Crippen molar-refractivity contribution < 1.29 is 0 Å². The van der Waals surface area contributed by atoms with Gasteiger partial charge >= 0.3 is 0 Å². The predicted octanol–water partition coefficient (Wildman–Crippen LogP) is 2.25. The zero-order chi connectivity index (χ0) is 10.7. The molecule has 0 spiro atoms. The Labute approximate surface area is 94.4 Å². The van der Waals surface area contributed by atoms with Crippen LogP contribution in [0.5, 0.6) is 0 Å². The molecule has 0 aromatic heterocycles. The summed E-state index contributed by atoms with van der Waals surface area (Å²) in [6, 6.07) is 1.72. The van der Waals surface area contributed by atoms with E-state index < -0.39 is 0 Å². The van der Waals surface area contributed by atoms with Crippen LogP contribution < -0.4 is 5.32 Å². The van der Waals surface area contributed by atoms with E-state index in [4.69, 9.17) is 0 Å². The van der Waals surface area contributed by atoms with E-state index in [-0.39, 0.29) is 0 Å². The van der Waals surface area contributed by atoms with Crippen LogP contribution in [0.2, 0.25) is 0 Å². The summed E-state index contributed by atoms with van der Waals surface area (Å²) in [7, 11) is 0. The molecule has 2 aliphatic rings. The van der Waals surface area contributed by atoms with Crippen LogP contribution in [0.25, 0.3) is 0 Å². The molecule has 0 radical (unpaired) electrons. The van der Waals surface area contributed by atoms with Crippen LogP contribution in [0, 0.1) is 5.92 Å². The van der Waals surface area contributed by atoms with Gasteiger partial charge in [-0.1, -0.05) is 20.3 Å².